The van der Waals surface area contributed by atoms with Crippen LogP contribution in [0.25, 0.3) is 10.9 Å². The summed E-state index contributed by atoms with van der Waals surface area (Å²) in [4.78, 5) is 53.2. The van der Waals surface area contributed by atoms with Crippen molar-refractivity contribution >= 4 is 40.0 Å². The SMILES string of the molecule is CCN(C(=O)Cn1c(=O)c2ccccc2n(CC(=O)Nc2cc(Cl)c(OC)cc2OC)c1=O)N1CCOCC1. The van der Waals surface area contributed by atoms with E-state index >= 15 is 0 Å². The molecule has 4 rings (SSSR count). The summed E-state index contributed by atoms with van der Waals surface area (Å²) >= 11 is 6.21. The van der Waals surface area contributed by atoms with Crippen LogP contribution in [0, 0.1) is 0 Å². The van der Waals surface area contributed by atoms with E-state index in [4.69, 9.17) is 25.8 Å². The van der Waals surface area contributed by atoms with Crippen LogP contribution in [0.3, 0.4) is 0 Å². The molecular formula is C26H30ClN5O7. The number of carbonyl (C=O) groups excluding carboxylic acids is 2. The number of fused-ring (bicyclic) bond motifs is 1. The maximum atomic E-state index is 13.6. The summed E-state index contributed by atoms with van der Waals surface area (Å²) in [5.74, 6) is -0.312. The number of likely N-dealkylation sites (N-methyl/N-ethyl adjacent to an activating group) is 1. The zero-order valence-corrected chi connectivity index (χ0v) is 22.7. The van der Waals surface area contributed by atoms with Crippen molar-refractivity contribution in [3.63, 3.8) is 0 Å². The zero-order chi connectivity index (χ0) is 28.1. The van der Waals surface area contributed by atoms with E-state index in [9.17, 15) is 19.2 Å². The topological polar surface area (TPSA) is 124 Å². The highest BCUT2D eigenvalue weighted by Gasteiger charge is 2.25. The van der Waals surface area contributed by atoms with E-state index in [2.05, 4.69) is 5.32 Å². The van der Waals surface area contributed by atoms with Gasteiger partial charge in [-0.1, -0.05) is 23.7 Å². The summed E-state index contributed by atoms with van der Waals surface area (Å²) in [6, 6.07) is 9.45. The molecule has 208 valence electrons. The number of amides is 2. The number of morpholine rings is 1. The molecule has 0 radical (unpaired) electrons. The largest absolute Gasteiger partial charge is 0.495 e. The minimum atomic E-state index is -0.778. The van der Waals surface area contributed by atoms with Crippen LogP contribution in [0.4, 0.5) is 5.69 Å². The lowest BCUT2D eigenvalue weighted by Gasteiger charge is -2.36. The number of halogens is 1. The lowest BCUT2D eigenvalue weighted by molar-refractivity contribution is -0.157. The van der Waals surface area contributed by atoms with Crippen molar-refractivity contribution in [2.24, 2.45) is 0 Å². The lowest BCUT2D eigenvalue weighted by Crippen LogP contribution is -2.54. The molecule has 2 amide bonds. The van der Waals surface area contributed by atoms with Crippen LogP contribution in [-0.2, 0) is 27.4 Å². The van der Waals surface area contributed by atoms with Crippen molar-refractivity contribution in [1.29, 1.82) is 0 Å². The van der Waals surface area contributed by atoms with E-state index in [0.717, 1.165) is 4.57 Å². The Hall–Kier alpha value is -3.87. The number of hydrogen-bond donors (Lipinski definition) is 1. The summed E-state index contributed by atoms with van der Waals surface area (Å²) in [6.07, 6.45) is 0. The summed E-state index contributed by atoms with van der Waals surface area (Å²) < 4.78 is 17.9. The predicted molar refractivity (Wildman–Crippen MR) is 145 cm³/mol. The minimum Gasteiger partial charge on any atom is -0.495 e. The molecule has 1 N–H and O–H groups in total. The number of carbonyl (C=O) groups is 2. The summed E-state index contributed by atoms with van der Waals surface area (Å²) in [5, 5.41) is 6.51. The van der Waals surface area contributed by atoms with Gasteiger partial charge in [0.05, 0.1) is 49.0 Å². The molecule has 39 heavy (non-hydrogen) atoms. The van der Waals surface area contributed by atoms with Gasteiger partial charge in [0.15, 0.2) is 0 Å². The number of nitrogens with one attached hydrogen (secondary N) is 1. The number of ether oxygens (including phenoxy) is 3. The second-order valence-corrected chi connectivity index (χ2v) is 9.10. The number of anilines is 1. The van der Waals surface area contributed by atoms with Crippen molar-refractivity contribution in [2.45, 2.75) is 20.0 Å². The second kappa shape index (κ2) is 12.3. The third kappa shape index (κ3) is 5.92. The highest BCUT2D eigenvalue weighted by atomic mass is 35.5. The third-order valence-corrected chi connectivity index (χ3v) is 6.69. The van der Waals surface area contributed by atoms with Gasteiger partial charge in [0, 0.05) is 25.7 Å². The predicted octanol–water partition coefficient (Wildman–Crippen LogP) is 1.57. The number of methoxy groups -OCH3 is 2. The van der Waals surface area contributed by atoms with Crippen molar-refractivity contribution in [2.75, 3.05) is 52.4 Å². The van der Waals surface area contributed by atoms with Gasteiger partial charge in [-0.2, -0.15) is 0 Å². The molecule has 0 saturated carbocycles. The third-order valence-electron chi connectivity index (χ3n) is 6.39. The Morgan fingerprint density at radius 3 is 2.38 bits per heavy atom. The molecule has 3 aromatic rings. The fourth-order valence-electron chi connectivity index (χ4n) is 4.50. The number of benzene rings is 2. The van der Waals surface area contributed by atoms with E-state index in [1.807, 2.05) is 11.9 Å². The van der Waals surface area contributed by atoms with Gasteiger partial charge in [-0.3, -0.25) is 28.5 Å². The van der Waals surface area contributed by atoms with Crippen LogP contribution >= 0.6 is 11.6 Å². The van der Waals surface area contributed by atoms with E-state index in [0.29, 0.717) is 44.3 Å². The first-order valence-corrected chi connectivity index (χ1v) is 12.7. The molecule has 12 nitrogen and oxygen atoms in total. The van der Waals surface area contributed by atoms with Crippen molar-refractivity contribution in [1.82, 2.24) is 19.2 Å². The molecule has 13 heteroatoms. The average molecular weight is 560 g/mol. The van der Waals surface area contributed by atoms with Crippen LogP contribution in [0.1, 0.15) is 6.92 Å². The minimum absolute atomic E-state index is 0.206. The van der Waals surface area contributed by atoms with Gasteiger partial charge in [-0.15, -0.1) is 0 Å². The molecule has 2 aromatic carbocycles. The highest BCUT2D eigenvalue weighted by molar-refractivity contribution is 6.32. The quantitative estimate of drug-likeness (QED) is 0.419. The number of aromatic nitrogens is 2. The molecule has 0 spiro atoms. The first-order chi connectivity index (χ1) is 18.8. The first-order valence-electron chi connectivity index (χ1n) is 12.4. The Kier molecular flexibility index (Phi) is 8.90. The first kappa shape index (κ1) is 28.1. The zero-order valence-electron chi connectivity index (χ0n) is 21.9. The lowest BCUT2D eigenvalue weighted by atomic mass is 10.2. The number of para-hydroxylation sites is 1. The molecular weight excluding hydrogens is 530 g/mol. The van der Waals surface area contributed by atoms with Gasteiger partial charge >= 0.3 is 5.69 Å². The van der Waals surface area contributed by atoms with Gasteiger partial charge in [-0.25, -0.2) is 9.80 Å². The van der Waals surface area contributed by atoms with Gasteiger partial charge in [0.1, 0.15) is 24.6 Å². The number of hydrazine groups is 1. The molecule has 1 aromatic heterocycles. The van der Waals surface area contributed by atoms with Gasteiger partial charge in [0.25, 0.3) is 11.5 Å². The molecule has 0 aliphatic carbocycles. The standard InChI is InChI=1S/C26H30ClN5O7/c1-4-32(29-9-11-39-12-10-29)24(34)16-31-25(35)17-7-5-6-8-20(17)30(26(31)36)15-23(33)28-19-13-18(27)21(37-2)14-22(19)38-3/h5-8,13-14H,4,9-12,15-16H2,1-3H3,(H,28,33). The summed E-state index contributed by atoms with van der Waals surface area (Å²) in [7, 11) is 2.89. The maximum absolute atomic E-state index is 13.6. The molecule has 1 fully saturated rings. The van der Waals surface area contributed by atoms with Crippen molar-refractivity contribution < 1.29 is 23.8 Å². The average Bonchev–Trinajstić information content (AvgIpc) is 2.94. The summed E-state index contributed by atoms with van der Waals surface area (Å²) in [6.45, 7) is 3.28. The maximum Gasteiger partial charge on any atom is 0.332 e. The fourth-order valence-corrected chi connectivity index (χ4v) is 4.74. The van der Waals surface area contributed by atoms with Crippen LogP contribution in [-0.4, -0.2) is 78.0 Å². The van der Waals surface area contributed by atoms with Crippen LogP contribution < -0.4 is 26.0 Å². The molecule has 1 saturated heterocycles. The van der Waals surface area contributed by atoms with Crippen molar-refractivity contribution in [3.8, 4) is 11.5 Å². The Morgan fingerprint density at radius 2 is 1.72 bits per heavy atom. The fraction of sp³-hybridized carbons (Fsp3) is 0.385. The molecule has 0 unspecified atom stereocenters. The molecule has 1 aliphatic heterocycles. The Bertz CT molecular complexity index is 1500. The van der Waals surface area contributed by atoms with E-state index < -0.39 is 36.2 Å². The Labute approximate surface area is 229 Å². The second-order valence-electron chi connectivity index (χ2n) is 8.69. The number of nitrogens with zero attached hydrogens (tertiary/aromatic N) is 4. The number of hydrogen-bond acceptors (Lipinski definition) is 8. The normalized spacial score (nSPS) is 13.7. The van der Waals surface area contributed by atoms with E-state index in [-0.39, 0.29) is 21.6 Å². The van der Waals surface area contributed by atoms with Crippen LogP contribution in [0.2, 0.25) is 5.02 Å². The van der Waals surface area contributed by atoms with E-state index in [1.165, 1.54) is 35.9 Å². The smallest absolute Gasteiger partial charge is 0.332 e. The molecule has 0 atom stereocenters. The van der Waals surface area contributed by atoms with Gasteiger partial charge < -0.3 is 19.5 Å². The van der Waals surface area contributed by atoms with Crippen molar-refractivity contribution in [3.05, 3.63) is 62.3 Å². The molecule has 2 heterocycles. The Balaban J connectivity index is 1.67. The summed E-state index contributed by atoms with van der Waals surface area (Å²) in [5.41, 5.74) is -0.841. The Morgan fingerprint density at radius 1 is 1.03 bits per heavy atom. The monoisotopic (exact) mass is 559 g/mol. The van der Waals surface area contributed by atoms with Crippen LogP contribution in [0.5, 0.6) is 11.5 Å². The highest BCUT2D eigenvalue weighted by Crippen LogP contribution is 2.35. The molecule has 0 bridgehead atoms. The van der Waals surface area contributed by atoms with E-state index in [1.54, 1.807) is 24.3 Å². The van der Waals surface area contributed by atoms with Gasteiger partial charge in [-0.05, 0) is 25.1 Å². The molecule has 1 aliphatic rings. The number of rotatable bonds is 9. The van der Waals surface area contributed by atoms with Gasteiger partial charge in [0.2, 0.25) is 5.91 Å². The van der Waals surface area contributed by atoms with Crippen LogP contribution in [0.15, 0.2) is 46.0 Å².